The normalized spacial score (nSPS) is 15.7. The first-order valence-electron chi connectivity index (χ1n) is 9.53. The molecular weight excluding hydrogens is 520 g/mol. The zero-order chi connectivity index (χ0) is 23.3. The molecule has 2 aromatic carbocycles. The molecule has 0 spiro atoms. The number of carbonyl (C=O) groups excluding carboxylic acids is 2. The van der Waals surface area contributed by atoms with Crippen molar-refractivity contribution in [3.05, 3.63) is 55.9 Å². The molecule has 1 aliphatic rings. The van der Waals surface area contributed by atoms with Crippen molar-refractivity contribution in [1.82, 2.24) is 5.32 Å². The zero-order valence-corrected chi connectivity index (χ0v) is 20.7. The van der Waals surface area contributed by atoms with Crippen molar-refractivity contribution < 1.29 is 23.8 Å². The highest BCUT2D eigenvalue weighted by Gasteiger charge is 2.25. The minimum absolute atomic E-state index is 0.246. The molecule has 1 amide bonds. The van der Waals surface area contributed by atoms with Crippen LogP contribution in [0, 0.1) is 6.92 Å². The molecule has 0 saturated carbocycles. The molecule has 168 valence electrons. The van der Waals surface area contributed by atoms with Gasteiger partial charge in [-0.25, -0.2) is 9.79 Å². The molecule has 2 aromatic rings. The van der Waals surface area contributed by atoms with Gasteiger partial charge in [-0.1, -0.05) is 33.6 Å². The molecule has 0 bridgehead atoms. The number of hydrogen-bond donors (Lipinski definition) is 1. The number of halogens is 2. The summed E-state index contributed by atoms with van der Waals surface area (Å²) in [5.41, 5.74) is 2.23. The van der Waals surface area contributed by atoms with E-state index in [2.05, 4.69) is 31.0 Å². The molecular formula is C22H20BrClN2O5S. The molecule has 0 atom stereocenters. The number of methoxy groups -OCH3 is 1. The van der Waals surface area contributed by atoms with Crippen molar-refractivity contribution in [3.63, 3.8) is 0 Å². The zero-order valence-electron chi connectivity index (χ0n) is 17.5. The van der Waals surface area contributed by atoms with Gasteiger partial charge in [0.15, 0.2) is 23.3 Å². The van der Waals surface area contributed by atoms with Crippen LogP contribution in [-0.4, -0.2) is 37.4 Å². The monoisotopic (exact) mass is 538 g/mol. The van der Waals surface area contributed by atoms with E-state index in [4.69, 9.17) is 21.1 Å². The summed E-state index contributed by atoms with van der Waals surface area (Å²) in [6, 6.07) is 8.85. The van der Waals surface area contributed by atoms with Crippen molar-refractivity contribution in [3.8, 4) is 11.5 Å². The second kappa shape index (κ2) is 10.9. The quantitative estimate of drug-likeness (QED) is 0.382. The molecule has 0 aromatic heterocycles. The first-order valence-corrected chi connectivity index (χ1v) is 11.5. The van der Waals surface area contributed by atoms with Gasteiger partial charge in [0, 0.05) is 9.50 Å². The third-order valence-corrected chi connectivity index (χ3v) is 6.34. The maximum Gasteiger partial charge on any atom is 0.343 e. The molecule has 1 fully saturated rings. The van der Waals surface area contributed by atoms with Gasteiger partial charge in [0.05, 0.1) is 24.3 Å². The van der Waals surface area contributed by atoms with Gasteiger partial charge in [0.25, 0.3) is 5.91 Å². The van der Waals surface area contributed by atoms with Gasteiger partial charge < -0.3 is 19.5 Å². The van der Waals surface area contributed by atoms with Crippen LogP contribution in [0.15, 0.2) is 44.7 Å². The average Bonchev–Trinajstić information content (AvgIpc) is 3.11. The number of benzene rings is 2. The van der Waals surface area contributed by atoms with Crippen molar-refractivity contribution in [2.75, 3.05) is 20.3 Å². The number of nitrogens with zero attached hydrogens (tertiary/aromatic N) is 1. The molecule has 0 unspecified atom stereocenters. The number of hydrogen-bond acceptors (Lipinski definition) is 7. The third-order valence-electron chi connectivity index (χ3n) is 4.33. The summed E-state index contributed by atoms with van der Waals surface area (Å²) in [5, 5.41) is 3.84. The van der Waals surface area contributed by atoms with Crippen LogP contribution in [0.5, 0.6) is 11.5 Å². The molecule has 10 heteroatoms. The predicted molar refractivity (Wildman–Crippen MR) is 130 cm³/mol. The number of nitrogens with one attached hydrogen (secondary N) is 1. The molecule has 1 heterocycles. The Kier molecular flexibility index (Phi) is 8.22. The Morgan fingerprint density at radius 1 is 1.28 bits per heavy atom. The highest BCUT2D eigenvalue weighted by molar-refractivity contribution is 9.10. The van der Waals surface area contributed by atoms with Gasteiger partial charge in [0.1, 0.15) is 0 Å². The topological polar surface area (TPSA) is 86.2 Å². The highest BCUT2D eigenvalue weighted by Crippen LogP contribution is 2.37. The molecule has 32 heavy (non-hydrogen) atoms. The summed E-state index contributed by atoms with van der Waals surface area (Å²) in [7, 11) is 1.29. The minimum atomic E-state index is -0.504. The van der Waals surface area contributed by atoms with E-state index in [9.17, 15) is 9.59 Å². The van der Waals surface area contributed by atoms with Crippen molar-refractivity contribution in [2.45, 2.75) is 13.8 Å². The summed E-state index contributed by atoms with van der Waals surface area (Å²) in [4.78, 5) is 28.9. The van der Waals surface area contributed by atoms with Crippen LogP contribution in [0.25, 0.3) is 6.08 Å². The number of aliphatic imine (C=N–C) groups is 1. The van der Waals surface area contributed by atoms with Gasteiger partial charge in [-0.05, 0) is 67.1 Å². The van der Waals surface area contributed by atoms with Crippen LogP contribution in [-0.2, 0) is 14.3 Å². The summed E-state index contributed by atoms with van der Waals surface area (Å²) in [6.07, 6.45) is 1.73. The lowest BCUT2D eigenvalue weighted by molar-refractivity contribution is -0.142. The Labute approximate surface area is 203 Å². The van der Waals surface area contributed by atoms with E-state index in [1.54, 1.807) is 24.3 Å². The Bertz CT molecular complexity index is 1120. The number of esters is 1. The van der Waals surface area contributed by atoms with E-state index >= 15 is 0 Å². The first kappa shape index (κ1) is 24.2. The Hall–Kier alpha value is -2.49. The van der Waals surface area contributed by atoms with E-state index in [-0.39, 0.29) is 12.5 Å². The lowest BCUT2D eigenvalue weighted by Gasteiger charge is -2.13. The Morgan fingerprint density at radius 2 is 2.03 bits per heavy atom. The van der Waals surface area contributed by atoms with Gasteiger partial charge in [0.2, 0.25) is 0 Å². The minimum Gasteiger partial charge on any atom is -0.490 e. The summed E-state index contributed by atoms with van der Waals surface area (Å²) in [5.74, 6) is 0.0617. The molecule has 1 aliphatic heterocycles. The highest BCUT2D eigenvalue weighted by atomic mass is 79.9. The van der Waals surface area contributed by atoms with Crippen molar-refractivity contribution in [2.24, 2.45) is 4.99 Å². The van der Waals surface area contributed by atoms with E-state index in [0.29, 0.717) is 48.9 Å². The van der Waals surface area contributed by atoms with Crippen LogP contribution >= 0.6 is 39.3 Å². The fourth-order valence-electron chi connectivity index (χ4n) is 2.69. The summed E-state index contributed by atoms with van der Waals surface area (Å²) in [6.45, 7) is 3.86. The van der Waals surface area contributed by atoms with Crippen molar-refractivity contribution >= 4 is 68.1 Å². The fraction of sp³-hybridized carbons (Fsp3) is 0.227. The third kappa shape index (κ3) is 5.85. The van der Waals surface area contributed by atoms with Gasteiger partial charge >= 0.3 is 5.97 Å². The predicted octanol–water partition coefficient (Wildman–Crippen LogP) is 5.25. The lowest BCUT2D eigenvalue weighted by atomic mass is 10.2. The number of amides is 1. The number of ether oxygens (including phenoxy) is 3. The number of amidine groups is 1. The van der Waals surface area contributed by atoms with E-state index < -0.39 is 5.97 Å². The number of thioether (sulfide) groups is 1. The van der Waals surface area contributed by atoms with Crippen LogP contribution < -0.4 is 14.8 Å². The van der Waals surface area contributed by atoms with Gasteiger partial charge in [-0.3, -0.25) is 4.79 Å². The fourth-order valence-corrected chi connectivity index (χ4v) is 4.12. The van der Waals surface area contributed by atoms with Crippen LogP contribution in [0.2, 0.25) is 5.02 Å². The van der Waals surface area contributed by atoms with Crippen LogP contribution in [0.3, 0.4) is 0 Å². The molecule has 0 aliphatic carbocycles. The second-order valence-electron chi connectivity index (χ2n) is 6.48. The van der Waals surface area contributed by atoms with Crippen LogP contribution in [0.4, 0.5) is 5.69 Å². The van der Waals surface area contributed by atoms with Gasteiger partial charge in [-0.15, -0.1) is 0 Å². The molecule has 1 N–H and O–H groups in total. The maximum absolute atomic E-state index is 12.5. The van der Waals surface area contributed by atoms with Crippen LogP contribution in [0.1, 0.15) is 18.1 Å². The standard InChI is InChI=1S/C22H20BrClN2O5S/c1-4-30-17-8-13(14(23)10-18(17)31-11-20(27)29-3)9-19-21(28)26-22(32-19)25-16-7-5-6-15(24)12(16)2/h5-10H,4,11H2,1-3H3,(H,25,26,28)/b19-9+. The molecule has 0 radical (unpaired) electrons. The second-order valence-corrected chi connectivity index (χ2v) is 8.78. The molecule has 1 saturated heterocycles. The van der Waals surface area contributed by atoms with Crippen molar-refractivity contribution in [1.29, 1.82) is 0 Å². The van der Waals surface area contributed by atoms with Gasteiger partial charge in [-0.2, -0.15) is 0 Å². The Morgan fingerprint density at radius 3 is 2.75 bits per heavy atom. The van der Waals surface area contributed by atoms with E-state index in [0.717, 1.165) is 5.56 Å². The summed E-state index contributed by atoms with van der Waals surface area (Å²) < 4.78 is 16.4. The number of carbonyl (C=O) groups is 2. The molecule has 7 nitrogen and oxygen atoms in total. The first-order chi connectivity index (χ1) is 15.3. The summed E-state index contributed by atoms with van der Waals surface area (Å²) >= 11 is 10.9. The van der Waals surface area contributed by atoms with E-state index in [1.165, 1.54) is 18.9 Å². The molecule has 3 rings (SSSR count). The number of rotatable bonds is 7. The smallest absolute Gasteiger partial charge is 0.343 e. The average molecular weight is 540 g/mol. The Balaban J connectivity index is 1.87. The lowest BCUT2D eigenvalue weighted by Crippen LogP contribution is -2.19. The van der Waals surface area contributed by atoms with E-state index in [1.807, 2.05) is 26.0 Å². The maximum atomic E-state index is 12.5. The SMILES string of the molecule is CCOc1cc(/C=C2/SC(=Nc3cccc(Cl)c3C)NC2=O)c(Br)cc1OCC(=O)OC. The largest absolute Gasteiger partial charge is 0.490 e.